The van der Waals surface area contributed by atoms with Gasteiger partial charge in [-0.05, 0) is 71.6 Å². The maximum atomic E-state index is 12.7. The molecule has 0 saturated heterocycles. The quantitative estimate of drug-likeness (QED) is 0.660. The van der Waals surface area contributed by atoms with Crippen LogP contribution in [0.3, 0.4) is 0 Å². The Morgan fingerprint density at radius 1 is 1.00 bits per heavy atom. The van der Waals surface area contributed by atoms with E-state index < -0.39 is 0 Å². The molecule has 0 aliphatic carbocycles. The maximum absolute atomic E-state index is 12.7. The lowest BCUT2D eigenvalue weighted by Gasteiger charge is -2.23. The molecule has 32 heavy (non-hydrogen) atoms. The largest absolute Gasteiger partial charge is 0.492 e. The molecule has 0 spiro atoms. The van der Waals surface area contributed by atoms with Crippen LogP contribution in [0.2, 0.25) is 0 Å². The Balaban J connectivity index is 1.66. The molecule has 3 aromatic rings. The normalized spacial score (nSPS) is 15.2. The molecule has 1 aliphatic heterocycles. The monoisotopic (exact) mass is 429 g/mol. The van der Waals surface area contributed by atoms with Crippen molar-refractivity contribution in [3.63, 3.8) is 0 Å². The number of rotatable bonds is 4. The fourth-order valence-corrected chi connectivity index (χ4v) is 4.06. The molecule has 0 saturated carbocycles. The third kappa shape index (κ3) is 5.74. The fraction of sp³-hybridized carbons (Fsp3) is 0.333. The van der Waals surface area contributed by atoms with Crippen LogP contribution in [0.5, 0.6) is 5.75 Å². The van der Waals surface area contributed by atoms with Crippen molar-refractivity contribution in [3.05, 3.63) is 83.7 Å². The summed E-state index contributed by atoms with van der Waals surface area (Å²) in [5.41, 5.74) is 5.17. The van der Waals surface area contributed by atoms with E-state index >= 15 is 0 Å². The molecule has 1 amide bonds. The minimum atomic E-state index is -0.0126. The predicted octanol–water partition coefficient (Wildman–Crippen LogP) is 4.56. The van der Waals surface area contributed by atoms with Crippen LogP contribution in [0.15, 0.2) is 67.0 Å². The maximum Gasteiger partial charge on any atom is 0.251 e. The first-order valence-electron chi connectivity index (χ1n) is 11.5. The second kappa shape index (κ2) is 10.9. The van der Waals surface area contributed by atoms with Crippen molar-refractivity contribution in [1.82, 2.24) is 15.2 Å². The van der Waals surface area contributed by atoms with Gasteiger partial charge in [-0.25, -0.2) is 0 Å². The number of hydrogen-bond acceptors (Lipinski definition) is 4. The van der Waals surface area contributed by atoms with E-state index in [2.05, 4.69) is 46.4 Å². The molecule has 166 valence electrons. The van der Waals surface area contributed by atoms with Crippen LogP contribution in [0.4, 0.5) is 0 Å². The minimum absolute atomic E-state index is 0.0126. The summed E-state index contributed by atoms with van der Waals surface area (Å²) in [5, 5.41) is 3.07. The lowest BCUT2D eigenvalue weighted by Crippen LogP contribution is -2.37. The van der Waals surface area contributed by atoms with Gasteiger partial charge >= 0.3 is 0 Å². The number of unbranched alkanes of at least 4 members (excludes halogenated alkanes) is 1. The molecule has 2 bridgehead atoms. The zero-order valence-electron chi connectivity index (χ0n) is 18.7. The Morgan fingerprint density at radius 2 is 1.88 bits per heavy atom. The van der Waals surface area contributed by atoms with E-state index in [1.807, 2.05) is 42.7 Å². The highest BCUT2D eigenvalue weighted by molar-refractivity contribution is 5.94. The van der Waals surface area contributed by atoms with E-state index in [4.69, 9.17) is 4.74 Å². The van der Waals surface area contributed by atoms with E-state index in [1.54, 1.807) is 0 Å². The van der Waals surface area contributed by atoms with Crippen LogP contribution in [0.1, 0.15) is 41.3 Å². The molecule has 2 heterocycles. The second-order valence-corrected chi connectivity index (χ2v) is 8.24. The Hall–Kier alpha value is -3.18. The van der Waals surface area contributed by atoms with Gasteiger partial charge in [0.05, 0.1) is 0 Å². The summed E-state index contributed by atoms with van der Waals surface area (Å²) in [6, 6.07) is 18.3. The number of benzene rings is 2. The van der Waals surface area contributed by atoms with Gasteiger partial charge in [-0.1, -0.05) is 31.5 Å². The molecule has 1 aliphatic rings. The van der Waals surface area contributed by atoms with Crippen molar-refractivity contribution in [2.24, 2.45) is 0 Å². The van der Waals surface area contributed by atoms with Crippen molar-refractivity contribution >= 4 is 5.91 Å². The molecule has 1 N–H and O–H groups in total. The Labute approximate surface area is 190 Å². The average Bonchev–Trinajstić information content (AvgIpc) is 2.83. The highest BCUT2D eigenvalue weighted by atomic mass is 16.5. The summed E-state index contributed by atoms with van der Waals surface area (Å²) in [6.07, 6.45) is 6.61. The zero-order valence-corrected chi connectivity index (χ0v) is 18.7. The minimum Gasteiger partial charge on any atom is -0.492 e. The molecule has 0 fully saturated rings. The van der Waals surface area contributed by atoms with Crippen LogP contribution in [-0.4, -0.2) is 48.6 Å². The summed E-state index contributed by atoms with van der Waals surface area (Å²) in [6.45, 7) is 6.14. The van der Waals surface area contributed by atoms with Gasteiger partial charge in [0.15, 0.2) is 0 Å². The molecule has 0 unspecified atom stereocenters. The standard InChI is InChI=1S/C27H31N3O2/c1-2-3-14-30-15-13-29-27(31)24-6-4-5-21(18-24)19-25-20-23(22-9-11-28-12-10-22)7-8-26(25)32-17-16-30/h4-12,18,20H,2-3,13-17,19H2,1H3,(H,29,31). The Morgan fingerprint density at radius 3 is 2.72 bits per heavy atom. The number of carbonyl (C=O) groups is 1. The van der Waals surface area contributed by atoms with Crippen molar-refractivity contribution in [2.45, 2.75) is 26.2 Å². The average molecular weight is 430 g/mol. The highest BCUT2D eigenvalue weighted by Gasteiger charge is 2.13. The van der Waals surface area contributed by atoms with E-state index in [-0.39, 0.29) is 5.91 Å². The van der Waals surface area contributed by atoms with E-state index in [0.29, 0.717) is 25.1 Å². The summed E-state index contributed by atoms with van der Waals surface area (Å²) in [7, 11) is 0. The van der Waals surface area contributed by atoms with Gasteiger partial charge in [-0.3, -0.25) is 14.7 Å². The number of ether oxygens (including phenoxy) is 1. The molecule has 0 radical (unpaired) electrons. The first-order chi connectivity index (χ1) is 15.7. The van der Waals surface area contributed by atoms with Crippen molar-refractivity contribution in [2.75, 3.05) is 32.8 Å². The lowest BCUT2D eigenvalue weighted by atomic mass is 9.97. The van der Waals surface area contributed by atoms with E-state index in [1.165, 1.54) is 0 Å². The summed E-state index contributed by atoms with van der Waals surface area (Å²) in [4.78, 5) is 19.2. The zero-order chi connectivity index (χ0) is 22.2. The molecule has 1 aromatic heterocycles. The summed E-state index contributed by atoms with van der Waals surface area (Å²) < 4.78 is 6.29. The van der Waals surface area contributed by atoms with Gasteiger partial charge in [-0.2, -0.15) is 0 Å². The van der Waals surface area contributed by atoms with Crippen LogP contribution < -0.4 is 10.1 Å². The number of amides is 1. The molecule has 4 rings (SSSR count). The Kier molecular flexibility index (Phi) is 7.51. The molecular formula is C27H31N3O2. The third-order valence-electron chi connectivity index (χ3n) is 5.86. The van der Waals surface area contributed by atoms with E-state index in [0.717, 1.165) is 60.5 Å². The van der Waals surface area contributed by atoms with Crippen LogP contribution in [0.25, 0.3) is 11.1 Å². The Bertz CT molecular complexity index is 1040. The van der Waals surface area contributed by atoms with Gasteiger partial charge in [0.2, 0.25) is 0 Å². The van der Waals surface area contributed by atoms with Crippen LogP contribution >= 0.6 is 0 Å². The van der Waals surface area contributed by atoms with Gasteiger partial charge < -0.3 is 10.1 Å². The molecule has 5 heteroatoms. The van der Waals surface area contributed by atoms with Gasteiger partial charge in [-0.15, -0.1) is 0 Å². The van der Waals surface area contributed by atoms with Crippen molar-refractivity contribution < 1.29 is 9.53 Å². The number of aromatic nitrogens is 1. The predicted molar refractivity (Wildman–Crippen MR) is 128 cm³/mol. The van der Waals surface area contributed by atoms with Gasteiger partial charge in [0.1, 0.15) is 12.4 Å². The SMILES string of the molecule is CCCCN1CCNC(=O)c2cccc(c2)Cc2cc(-c3ccncc3)ccc2OCC1. The smallest absolute Gasteiger partial charge is 0.251 e. The van der Waals surface area contributed by atoms with Crippen molar-refractivity contribution in [3.8, 4) is 16.9 Å². The molecular weight excluding hydrogens is 398 g/mol. The number of nitrogens with zero attached hydrogens (tertiary/aromatic N) is 2. The molecule has 2 aromatic carbocycles. The topological polar surface area (TPSA) is 54.5 Å². The number of pyridine rings is 1. The number of nitrogens with one attached hydrogen (secondary N) is 1. The lowest BCUT2D eigenvalue weighted by molar-refractivity contribution is 0.0946. The van der Waals surface area contributed by atoms with Crippen molar-refractivity contribution in [1.29, 1.82) is 0 Å². The number of hydrogen-bond donors (Lipinski definition) is 1. The molecule has 0 atom stereocenters. The fourth-order valence-electron chi connectivity index (χ4n) is 4.06. The first kappa shape index (κ1) is 22.0. The summed E-state index contributed by atoms with van der Waals surface area (Å²) >= 11 is 0. The van der Waals surface area contributed by atoms with Crippen LogP contribution in [0, 0.1) is 0 Å². The molecule has 5 nitrogen and oxygen atoms in total. The summed E-state index contributed by atoms with van der Waals surface area (Å²) in [5.74, 6) is 0.895. The first-order valence-corrected chi connectivity index (χ1v) is 11.5. The van der Waals surface area contributed by atoms with E-state index in [9.17, 15) is 4.79 Å². The number of fused-ring (bicyclic) bond motifs is 3. The third-order valence-corrected chi connectivity index (χ3v) is 5.86. The highest BCUT2D eigenvalue weighted by Crippen LogP contribution is 2.29. The van der Waals surface area contributed by atoms with Gasteiger partial charge in [0, 0.05) is 44.0 Å². The van der Waals surface area contributed by atoms with Crippen LogP contribution in [-0.2, 0) is 6.42 Å². The number of carbonyl (C=O) groups excluding carboxylic acids is 1. The second-order valence-electron chi connectivity index (χ2n) is 8.24. The van der Waals surface area contributed by atoms with Gasteiger partial charge in [0.25, 0.3) is 5.91 Å².